The molecule has 1 amide bonds. The summed E-state index contributed by atoms with van der Waals surface area (Å²) >= 11 is 0. The highest BCUT2D eigenvalue weighted by Crippen LogP contribution is 2.19. The predicted molar refractivity (Wildman–Crippen MR) is 66.1 cm³/mol. The summed E-state index contributed by atoms with van der Waals surface area (Å²) in [5.41, 5.74) is 6.25. The smallest absolute Gasteiger partial charge is 0.220 e. The minimum atomic E-state index is -0.273. The van der Waals surface area contributed by atoms with E-state index in [2.05, 4.69) is 5.32 Å². The van der Waals surface area contributed by atoms with Gasteiger partial charge in [-0.3, -0.25) is 4.79 Å². The van der Waals surface area contributed by atoms with Gasteiger partial charge in [0.25, 0.3) is 0 Å². The first kappa shape index (κ1) is 13.6. The van der Waals surface area contributed by atoms with E-state index in [1.807, 2.05) is 19.9 Å². The zero-order chi connectivity index (χ0) is 12.8. The molecule has 1 aromatic carbocycles. The highest BCUT2D eigenvalue weighted by molar-refractivity contribution is 5.77. The van der Waals surface area contributed by atoms with Crippen LogP contribution in [0.5, 0.6) is 0 Å². The topological polar surface area (TPSA) is 55.1 Å². The molecule has 0 aromatic heterocycles. The largest absolute Gasteiger partial charge is 0.352 e. The zero-order valence-corrected chi connectivity index (χ0v) is 10.2. The Bertz CT molecular complexity index is 381. The number of nitrogens with one attached hydrogen (secondary N) is 1. The van der Waals surface area contributed by atoms with Gasteiger partial charge in [0.05, 0.1) is 0 Å². The van der Waals surface area contributed by atoms with Crippen molar-refractivity contribution >= 4 is 5.91 Å². The van der Waals surface area contributed by atoms with Crippen LogP contribution in [0, 0.1) is 5.82 Å². The molecule has 0 aliphatic carbocycles. The van der Waals surface area contributed by atoms with Gasteiger partial charge >= 0.3 is 0 Å². The predicted octanol–water partition coefficient (Wildman–Crippen LogP) is 1.78. The number of rotatable bonds is 5. The van der Waals surface area contributed by atoms with E-state index in [9.17, 15) is 9.18 Å². The lowest BCUT2D eigenvalue weighted by molar-refractivity contribution is -0.121. The molecule has 94 valence electrons. The maximum absolute atomic E-state index is 13.0. The van der Waals surface area contributed by atoms with Gasteiger partial charge in [0.2, 0.25) is 5.91 Å². The third kappa shape index (κ3) is 4.53. The lowest BCUT2D eigenvalue weighted by Crippen LogP contribution is -2.38. The van der Waals surface area contributed by atoms with Gasteiger partial charge in [-0.15, -0.1) is 0 Å². The average Bonchev–Trinajstić information content (AvgIpc) is 2.28. The van der Waals surface area contributed by atoms with E-state index in [0.717, 1.165) is 5.56 Å². The molecule has 4 heteroatoms. The van der Waals surface area contributed by atoms with Gasteiger partial charge < -0.3 is 11.1 Å². The second-order valence-electron chi connectivity index (χ2n) is 4.36. The lowest BCUT2D eigenvalue weighted by atomic mass is 9.97. The Morgan fingerprint density at radius 1 is 1.47 bits per heavy atom. The van der Waals surface area contributed by atoms with Crippen LogP contribution in [0.1, 0.15) is 31.7 Å². The molecule has 0 saturated carbocycles. The molecule has 3 N–H and O–H groups in total. The minimum Gasteiger partial charge on any atom is -0.352 e. The van der Waals surface area contributed by atoms with Crippen molar-refractivity contribution in [2.24, 2.45) is 5.73 Å². The second kappa shape index (κ2) is 6.35. The van der Waals surface area contributed by atoms with E-state index in [-0.39, 0.29) is 23.7 Å². The molecule has 1 unspecified atom stereocenters. The van der Waals surface area contributed by atoms with Crippen LogP contribution >= 0.6 is 0 Å². The van der Waals surface area contributed by atoms with E-state index in [0.29, 0.717) is 13.0 Å². The van der Waals surface area contributed by atoms with Crippen LogP contribution in [-0.4, -0.2) is 18.5 Å². The standard InChI is InChI=1S/C13H19FN2O/c1-9(6-13(17)16-10(2)8-15)11-4-3-5-12(14)7-11/h3-5,7,9-10H,6,8,15H2,1-2H3,(H,16,17)/t9?,10-/m0/s1. The fourth-order valence-corrected chi connectivity index (χ4v) is 1.60. The van der Waals surface area contributed by atoms with E-state index in [4.69, 9.17) is 5.73 Å². The third-order valence-corrected chi connectivity index (χ3v) is 2.67. The molecule has 0 aliphatic heterocycles. The number of nitrogens with two attached hydrogens (primary N) is 1. The van der Waals surface area contributed by atoms with E-state index in [1.54, 1.807) is 6.07 Å². The minimum absolute atomic E-state index is 0.00401. The van der Waals surface area contributed by atoms with Gasteiger partial charge in [0.1, 0.15) is 5.82 Å². The lowest BCUT2D eigenvalue weighted by Gasteiger charge is -2.15. The molecule has 0 radical (unpaired) electrons. The number of hydrogen-bond donors (Lipinski definition) is 2. The number of hydrogen-bond acceptors (Lipinski definition) is 2. The Morgan fingerprint density at radius 2 is 2.18 bits per heavy atom. The van der Waals surface area contributed by atoms with Crippen molar-refractivity contribution in [2.75, 3.05) is 6.54 Å². The van der Waals surface area contributed by atoms with Gasteiger partial charge in [0, 0.05) is 19.0 Å². The third-order valence-electron chi connectivity index (χ3n) is 2.67. The Kier molecular flexibility index (Phi) is 5.10. The molecular weight excluding hydrogens is 219 g/mol. The number of halogens is 1. The monoisotopic (exact) mass is 238 g/mol. The molecule has 3 nitrogen and oxygen atoms in total. The van der Waals surface area contributed by atoms with E-state index >= 15 is 0 Å². The van der Waals surface area contributed by atoms with E-state index < -0.39 is 0 Å². The van der Waals surface area contributed by atoms with Gasteiger partial charge in [-0.2, -0.15) is 0 Å². The summed E-state index contributed by atoms with van der Waals surface area (Å²) in [6, 6.07) is 6.31. The fraction of sp³-hybridized carbons (Fsp3) is 0.462. The van der Waals surface area contributed by atoms with Crippen molar-refractivity contribution in [3.8, 4) is 0 Å². The Morgan fingerprint density at radius 3 is 2.76 bits per heavy atom. The quantitative estimate of drug-likeness (QED) is 0.821. The summed E-state index contributed by atoms with van der Waals surface area (Å²) in [5, 5.41) is 2.79. The summed E-state index contributed by atoms with van der Waals surface area (Å²) in [7, 11) is 0. The van der Waals surface area contributed by atoms with Gasteiger partial charge in [-0.25, -0.2) is 4.39 Å². The molecule has 0 heterocycles. The maximum atomic E-state index is 13.0. The van der Waals surface area contributed by atoms with Crippen molar-refractivity contribution in [3.63, 3.8) is 0 Å². The van der Waals surface area contributed by atoms with Crippen molar-refractivity contribution < 1.29 is 9.18 Å². The fourth-order valence-electron chi connectivity index (χ4n) is 1.60. The molecule has 0 spiro atoms. The summed E-state index contributed by atoms with van der Waals surface area (Å²) < 4.78 is 13.0. The SMILES string of the molecule is CC(CC(=O)N[C@@H](C)CN)c1cccc(F)c1. The van der Waals surface area contributed by atoms with Gasteiger partial charge in [-0.1, -0.05) is 19.1 Å². The molecule has 0 bridgehead atoms. The van der Waals surface area contributed by atoms with Crippen LogP contribution in [0.15, 0.2) is 24.3 Å². The van der Waals surface area contributed by atoms with Crippen molar-refractivity contribution in [2.45, 2.75) is 32.2 Å². The summed E-state index contributed by atoms with van der Waals surface area (Å²) in [5.74, 6) is -0.333. The number of carbonyl (C=O) groups is 1. The Balaban J connectivity index is 2.54. The molecular formula is C13H19FN2O. The Hall–Kier alpha value is -1.42. The first-order valence-corrected chi connectivity index (χ1v) is 5.77. The highest BCUT2D eigenvalue weighted by atomic mass is 19.1. The summed E-state index contributed by atoms with van der Waals surface area (Å²) in [4.78, 5) is 11.6. The molecule has 1 rings (SSSR count). The number of amides is 1. The van der Waals surface area contributed by atoms with Crippen molar-refractivity contribution in [3.05, 3.63) is 35.6 Å². The van der Waals surface area contributed by atoms with Crippen molar-refractivity contribution in [1.29, 1.82) is 0 Å². The summed E-state index contributed by atoms with van der Waals surface area (Å²) in [6.07, 6.45) is 0.341. The number of benzene rings is 1. The average molecular weight is 238 g/mol. The molecule has 0 aliphatic rings. The van der Waals surface area contributed by atoms with Crippen LogP contribution in [0.4, 0.5) is 4.39 Å². The first-order valence-electron chi connectivity index (χ1n) is 5.77. The molecule has 1 aromatic rings. The van der Waals surface area contributed by atoms with Gasteiger partial charge in [0.15, 0.2) is 0 Å². The first-order chi connectivity index (χ1) is 8.02. The maximum Gasteiger partial charge on any atom is 0.220 e. The number of carbonyl (C=O) groups excluding carboxylic acids is 1. The van der Waals surface area contributed by atoms with Crippen LogP contribution in [-0.2, 0) is 4.79 Å². The summed E-state index contributed by atoms with van der Waals surface area (Å²) in [6.45, 7) is 4.17. The molecule has 0 fully saturated rings. The molecule has 17 heavy (non-hydrogen) atoms. The van der Waals surface area contributed by atoms with Crippen LogP contribution in [0.25, 0.3) is 0 Å². The highest BCUT2D eigenvalue weighted by Gasteiger charge is 2.13. The van der Waals surface area contributed by atoms with Gasteiger partial charge in [-0.05, 0) is 30.5 Å². The molecule has 0 saturated heterocycles. The van der Waals surface area contributed by atoms with Crippen molar-refractivity contribution in [1.82, 2.24) is 5.32 Å². The van der Waals surface area contributed by atoms with Crippen LogP contribution < -0.4 is 11.1 Å². The molecule has 2 atom stereocenters. The Labute approximate surface area is 101 Å². The normalized spacial score (nSPS) is 14.1. The zero-order valence-electron chi connectivity index (χ0n) is 10.2. The van der Waals surface area contributed by atoms with Crippen LogP contribution in [0.3, 0.4) is 0 Å². The van der Waals surface area contributed by atoms with E-state index in [1.165, 1.54) is 12.1 Å². The van der Waals surface area contributed by atoms with Crippen LogP contribution in [0.2, 0.25) is 0 Å². The second-order valence-corrected chi connectivity index (χ2v) is 4.36.